The van der Waals surface area contributed by atoms with Gasteiger partial charge in [0.15, 0.2) is 11.6 Å². The van der Waals surface area contributed by atoms with Gasteiger partial charge in [-0.15, -0.1) is 0 Å². The second kappa shape index (κ2) is 9.88. The number of halogens is 2. The number of methoxy groups -OCH3 is 1. The molecule has 186 valence electrons. The maximum absolute atomic E-state index is 13.1. The Morgan fingerprint density at radius 2 is 1.97 bits per heavy atom. The number of amides is 1. The van der Waals surface area contributed by atoms with Gasteiger partial charge >= 0.3 is 0 Å². The highest BCUT2D eigenvalue weighted by molar-refractivity contribution is 5.83. The Labute approximate surface area is 201 Å². The van der Waals surface area contributed by atoms with Gasteiger partial charge in [0.1, 0.15) is 11.6 Å². The second-order valence-corrected chi connectivity index (χ2v) is 8.57. The van der Waals surface area contributed by atoms with Gasteiger partial charge < -0.3 is 15.0 Å². The summed E-state index contributed by atoms with van der Waals surface area (Å²) in [7, 11) is 2.97. The van der Waals surface area contributed by atoms with Gasteiger partial charge in [0.05, 0.1) is 24.4 Å². The highest BCUT2D eigenvalue weighted by Crippen LogP contribution is 2.26. The van der Waals surface area contributed by atoms with Crippen molar-refractivity contribution in [2.24, 2.45) is 7.05 Å². The quantitative estimate of drug-likeness (QED) is 0.543. The second-order valence-electron chi connectivity index (χ2n) is 8.57. The van der Waals surface area contributed by atoms with E-state index in [1.165, 1.54) is 14.2 Å². The first-order valence-corrected chi connectivity index (χ1v) is 11.3. The van der Waals surface area contributed by atoms with Crippen molar-refractivity contribution in [1.82, 2.24) is 34.6 Å². The Hall–Kier alpha value is -3.70. The Morgan fingerprint density at radius 3 is 2.63 bits per heavy atom. The summed E-state index contributed by atoms with van der Waals surface area (Å²) in [5, 5.41) is 7.46. The first-order chi connectivity index (χ1) is 16.7. The molecule has 1 saturated heterocycles. The third kappa shape index (κ3) is 5.20. The Morgan fingerprint density at radius 1 is 1.20 bits per heavy atom. The summed E-state index contributed by atoms with van der Waals surface area (Å²) >= 11 is 0. The number of nitrogens with zero attached hydrogens (tertiary/aromatic N) is 7. The highest BCUT2D eigenvalue weighted by Gasteiger charge is 2.31. The van der Waals surface area contributed by atoms with Crippen LogP contribution in [0.15, 0.2) is 18.2 Å². The number of nitrogens with one attached hydrogen (secondary N) is 1. The summed E-state index contributed by atoms with van der Waals surface area (Å²) in [6.45, 7) is 6.53. The summed E-state index contributed by atoms with van der Waals surface area (Å²) < 4.78 is 32.4. The molecule has 1 fully saturated rings. The van der Waals surface area contributed by atoms with Gasteiger partial charge in [-0.1, -0.05) is 0 Å². The lowest BCUT2D eigenvalue weighted by atomic mass is 10.1. The summed E-state index contributed by atoms with van der Waals surface area (Å²) in [6, 6.07) is 5.25. The van der Waals surface area contributed by atoms with E-state index in [0.29, 0.717) is 47.6 Å². The number of carbonyl (C=O) groups is 1. The Bertz CT molecular complexity index is 1230. The van der Waals surface area contributed by atoms with Crippen molar-refractivity contribution in [3.8, 4) is 17.3 Å². The molecule has 1 aliphatic heterocycles. The first-order valence-electron chi connectivity index (χ1n) is 11.3. The Balaban J connectivity index is 1.41. The number of aromatic nitrogens is 6. The van der Waals surface area contributed by atoms with Crippen molar-refractivity contribution in [1.29, 1.82) is 0 Å². The van der Waals surface area contributed by atoms with Crippen LogP contribution >= 0.6 is 0 Å². The van der Waals surface area contributed by atoms with Gasteiger partial charge in [0.25, 0.3) is 6.43 Å². The number of ether oxygens (including phenoxy) is 1. The van der Waals surface area contributed by atoms with E-state index in [-0.39, 0.29) is 23.6 Å². The zero-order chi connectivity index (χ0) is 25.3. The minimum absolute atomic E-state index is 0.00926. The van der Waals surface area contributed by atoms with Crippen LogP contribution in [0.4, 0.5) is 14.6 Å². The maximum atomic E-state index is 13.1. The number of aryl methyl sites for hydroxylation is 3. The van der Waals surface area contributed by atoms with Gasteiger partial charge in [-0.05, 0) is 39.3 Å². The summed E-state index contributed by atoms with van der Waals surface area (Å²) in [5.74, 6) is 1.02. The molecule has 0 saturated carbocycles. The molecule has 4 heterocycles. The number of likely N-dealkylation sites (tertiary alicyclic amines) is 1. The summed E-state index contributed by atoms with van der Waals surface area (Å²) in [4.78, 5) is 32.0. The molecule has 10 nitrogen and oxygen atoms in total. The molecule has 1 aliphatic rings. The van der Waals surface area contributed by atoms with Gasteiger partial charge in [-0.3, -0.25) is 4.79 Å². The van der Waals surface area contributed by atoms with Crippen molar-refractivity contribution in [2.45, 2.75) is 45.6 Å². The fourth-order valence-electron chi connectivity index (χ4n) is 4.15. The monoisotopic (exact) mass is 486 g/mol. The SMILES string of the molecule is COc1cc(C(C)C(=O)N2CC[C@H](Nc3ccc(-c4nc(C(F)F)n(C)n4)c(C)n3)C2)nc(C)n1. The molecule has 1 amide bonds. The molecular formula is C23H28F2N8O2. The van der Waals surface area contributed by atoms with E-state index in [9.17, 15) is 13.6 Å². The van der Waals surface area contributed by atoms with Crippen LogP contribution in [-0.2, 0) is 11.8 Å². The largest absolute Gasteiger partial charge is 0.481 e. The fourth-order valence-corrected chi connectivity index (χ4v) is 4.15. The fraction of sp³-hybridized carbons (Fsp3) is 0.478. The Kier molecular flexibility index (Phi) is 6.90. The third-order valence-electron chi connectivity index (χ3n) is 6.03. The van der Waals surface area contributed by atoms with E-state index < -0.39 is 12.3 Å². The molecule has 1 unspecified atom stereocenters. The van der Waals surface area contributed by atoms with Gasteiger partial charge in [0.2, 0.25) is 11.8 Å². The minimum atomic E-state index is -2.70. The maximum Gasteiger partial charge on any atom is 0.297 e. The number of hydrogen-bond donors (Lipinski definition) is 1. The van der Waals surface area contributed by atoms with Crippen LogP contribution in [0.5, 0.6) is 5.88 Å². The molecular weight excluding hydrogens is 458 g/mol. The number of anilines is 1. The normalized spacial score (nSPS) is 16.6. The van der Waals surface area contributed by atoms with E-state index in [0.717, 1.165) is 11.1 Å². The number of rotatable bonds is 7. The molecule has 4 rings (SSSR count). The molecule has 2 atom stereocenters. The average Bonchev–Trinajstić information content (AvgIpc) is 3.44. The molecule has 0 radical (unpaired) electrons. The molecule has 3 aromatic rings. The summed E-state index contributed by atoms with van der Waals surface area (Å²) in [5.41, 5.74) is 1.83. The van der Waals surface area contributed by atoms with Gasteiger partial charge in [-0.2, -0.15) is 10.1 Å². The van der Waals surface area contributed by atoms with Crippen molar-refractivity contribution in [2.75, 3.05) is 25.5 Å². The van der Waals surface area contributed by atoms with Crippen molar-refractivity contribution in [3.05, 3.63) is 41.2 Å². The number of pyridine rings is 1. The molecule has 0 aliphatic carbocycles. The van der Waals surface area contributed by atoms with E-state index in [1.54, 1.807) is 32.0 Å². The van der Waals surface area contributed by atoms with Crippen molar-refractivity contribution < 1.29 is 18.3 Å². The van der Waals surface area contributed by atoms with E-state index in [4.69, 9.17) is 4.74 Å². The lowest BCUT2D eigenvalue weighted by molar-refractivity contribution is -0.131. The van der Waals surface area contributed by atoms with E-state index in [1.807, 2.05) is 11.8 Å². The van der Waals surface area contributed by atoms with E-state index in [2.05, 4.69) is 30.4 Å². The smallest absolute Gasteiger partial charge is 0.297 e. The van der Waals surface area contributed by atoms with Crippen LogP contribution < -0.4 is 10.1 Å². The average molecular weight is 487 g/mol. The number of carbonyl (C=O) groups excluding carboxylic acids is 1. The lowest BCUT2D eigenvalue weighted by Crippen LogP contribution is -2.34. The van der Waals surface area contributed by atoms with Gasteiger partial charge in [-0.25, -0.2) is 28.4 Å². The summed E-state index contributed by atoms with van der Waals surface area (Å²) in [6.07, 6.45) is -1.93. The van der Waals surface area contributed by atoms with Crippen LogP contribution in [0.1, 0.15) is 48.7 Å². The zero-order valence-corrected chi connectivity index (χ0v) is 20.3. The number of hydrogen-bond acceptors (Lipinski definition) is 8. The number of alkyl halides is 2. The standard InChI is InChI=1S/C23H28F2N8O2/c1-12(17-10-19(35-5)28-14(3)27-17)23(34)33-9-8-15(11-33)29-18-7-6-16(13(2)26-18)21-30-22(20(24)25)32(4)31-21/h6-7,10,12,15,20H,8-9,11H2,1-5H3,(H,26,29)/t12?,15-/m0/s1. The van der Waals surface area contributed by atoms with Crippen LogP contribution in [-0.4, -0.2) is 66.8 Å². The predicted molar refractivity (Wildman–Crippen MR) is 124 cm³/mol. The topological polar surface area (TPSA) is 111 Å². The predicted octanol–water partition coefficient (Wildman–Crippen LogP) is 3.05. The molecule has 35 heavy (non-hydrogen) atoms. The minimum Gasteiger partial charge on any atom is -0.481 e. The van der Waals surface area contributed by atoms with E-state index >= 15 is 0 Å². The zero-order valence-electron chi connectivity index (χ0n) is 20.3. The molecule has 0 spiro atoms. The van der Waals surface area contributed by atoms with Crippen LogP contribution in [0.25, 0.3) is 11.4 Å². The molecule has 3 aromatic heterocycles. The van der Waals surface area contributed by atoms with Crippen LogP contribution in [0.3, 0.4) is 0 Å². The van der Waals surface area contributed by atoms with Crippen molar-refractivity contribution >= 4 is 11.7 Å². The van der Waals surface area contributed by atoms with Crippen LogP contribution in [0.2, 0.25) is 0 Å². The lowest BCUT2D eigenvalue weighted by Gasteiger charge is -2.21. The molecule has 1 N–H and O–H groups in total. The highest BCUT2D eigenvalue weighted by atomic mass is 19.3. The molecule has 12 heteroatoms. The third-order valence-corrected chi connectivity index (χ3v) is 6.03. The first kappa shape index (κ1) is 24.4. The van der Waals surface area contributed by atoms with Crippen LogP contribution in [0, 0.1) is 13.8 Å². The molecule has 0 aromatic carbocycles. The van der Waals surface area contributed by atoms with Crippen molar-refractivity contribution in [3.63, 3.8) is 0 Å². The van der Waals surface area contributed by atoms with Gasteiger partial charge in [0, 0.05) is 37.8 Å². The molecule has 0 bridgehead atoms.